The van der Waals surface area contributed by atoms with Crippen molar-refractivity contribution in [3.05, 3.63) is 57.6 Å². The number of Topliss-reactive ketones (excluding diaryl/α,β-unsaturated/α-hetero) is 1. The van der Waals surface area contributed by atoms with Crippen molar-refractivity contribution in [1.29, 1.82) is 0 Å². The quantitative estimate of drug-likeness (QED) is 0.745. The number of carbonyl (C=O) groups excluding carboxylic acids is 2. The van der Waals surface area contributed by atoms with Crippen molar-refractivity contribution < 1.29 is 18.7 Å². The van der Waals surface area contributed by atoms with E-state index >= 15 is 0 Å². The van der Waals surface area contributed by atoms with Crippen molar-refractivity contribution in [2.24, 2.45) is 5.41 Å². The van der Waals surface area contributed by atoms with Crippen molar-refractivity contribution in [1.82, 2.24) is 0 Å². The number of allylic oxidation sites excluding steroid dienone is 2. The molecule has 0 spiro atoms. The smallest absolute Gasteiger partial charge is 0.311 e. The third-order valence-electron chi connectivity index (χ3n) is 4.92. The molecule has 5 heteroatoms. The van der Waals surface area contributed by atoms with Gasteiger partial charge in [0.25, 0.3) is 0 Å². The van der Waals surface area contributed by atoms with Gasteiger partial charge < -0.3 is 9.15 Å². The van der Waals surface area contributed by atoms with Crippen LogP contribution in [0.15, 0.2) is 51.1 Å². The van der Waals surface area contributed by atoms with Gasteiger partial charge in [0.1, 0.15) is 11.3 Å². The summed E-state index contributed by atoms with van der Waals surface area (Å²) >= 11 is 0. The van der Waals surface area contributed by atoms with Gasteiger partial charge in [-0.25, -0.2) is 0 Å². The number of hydrogen-bond acceptors (Lipinski definition) is 5. The highest BCUT2D eigenvalue weighted by Gasteiger charge is 2.43. The second-order valence-corrected chi connectivity index (χ2v) is 7.52. The Morgan fingerprint density at radius 3 is 2.64 bits per heavy atom. The van der Waals surface area contributed by atoms with Crippen LogP contribution in [0.1, 0.15) is 44.6 Å². The third-order valence-corrected chi connectivity index (χ3v) is 4.92. The zero-order chi connectivity index (χ0) is 17.8. The molecule has 1 aromatic carbocycles. The maximum absolute atomic E-state index is 12.9. The molecule has 1 aliphatic heterocycles. The Morgan fingerprint density at radius 2 is 1.84 bits per heavy atom. The molecule has 2 aliphatic rings. The van der Waals surface area contributed by atoms with Gasteiger partial charge in [-0.2, -0.15) is 0 Å². The van der Waals surface area contributed by atoms with Crippen molar-refractivity contribution in [2.45, 2.75) is 39.0 Å². The van der Waals surface area contributed by atoms with Crippen molar-refractivity contribution in [2.75, 3.05) is 0 Å². The van der Waals surface area contributed by atoms with Crippen LogP contribution >= 0.6 is 0 Å². The Kier molecular flexibility index (Phi) is 3.42. The number of ketones is 1. The highest BCUT2D eigenvalue weighted by atomic mass is 16.5. The largest absolute Gasteiger partial charge is 0.464 e. The second-order valence-electron chi connectivity index (χ2n) is 7.52. The molecule has 1 aromatic heterocycles. The van der Waals surface area contributed by atoms with Crippen LogP contribution in [-0.2, 0) is 14.3 Å². The van der Waals surface area contributed by atoms with Gasteiger partial charge in [0.15, 0.2) is 11.2 Å². The standard InChI is InChI=1S/C20H18O5/c1-20(2)8-14(21)18-12(7-17(22)25-16(18)9-20)13-10-24-15-6-4-3-5-11(15)19(13)23/h3-6,10,12H,7-9H2,1-2H3/t12-/m0/s1. The van der Waals surface area contributed by atoms with Gasteiger partial charge in [0, 0.05) is 29.9 Å². The van der Waals surface area contributed by atoms with Crippen LogP contribution < -0.4 is 5.43 Å². The summed E-state index contributed by atoms with van der Waals surface area (Å²) in [5, 5.41) is 0.449. The number of ether oxygens (including phenoxy) is 1. The zero-order valence-corrected chi connectivity index (χ0v) is 14.1. The first-order valence-corrected chi connectivity index (χ1v) is 8.33. The van der Waals surface area contributed by atoms with E-state index in [2.05, 4.69) is 0 Å². The molecule has 1 aliphatic carbocycles. The molecule has 25 heavy (non-hydrogen) atoms. The molecule has 0 saturated heterocycles. The fraction of sp³-hybridized carbons (Fsp3) is 0.350. The normalized spacial score (nSPS) is 22.7. The monoisotopic (exact) mass is 338 g/mol. The van der Waals surface area contributed by atoms with Crippen LogP contribution in [0, 0.1) is 5.41 Å². The third kappa shape index (κ3) is 2.60. The van der Waals surface area contributed by atoms with Gasteiger partial charge in [-0.15, -0.1) is 0 Å². The predicted molar refractivity (Wildman–Crippen MR) is 91.0 cm³/mol. The average molecular weight is 338 g/mol. The molecule has 0 saturated carbocycles. The minimum Gasteiger partial charge on any atom is -0.464 e. The lowest BCUT2D eigenvalue weighted by molar-refractivity contribution is -0.142. The lowest BCUT2D eigenvalue weighted by Crippen LogP contribution is -2.35. The summed E-state index contributed by atoms with van der Waals surface area (Å²) in [6.07, 6.45) is 2.24. The first kappa shape index (κ1) is 15.8. The Labute approximate surface area is 144 Å². The average Bonchev–Trinajstić information content (AvgIpc) is 2.53. The van der Waals surface area contributed by atoms with E-state index in [1.54, 1.807) is 24.3 Å². The minimum atomic E-state index is -0.597. The van der Waals surface area contributed by atoms with Gasteiger partial charge in [0.05, 0.1) is 18.1 Å². The van der Waals surface area contributed by atoms with Gasteiger partial charge in [0.2, 0.25) is 0 Å². The topological polar surface area (TPSA) is 73.6 Å². The fourth-order valence-electron chi connectivity index (χ4n) is 3.80. The molecule has 2 heterocycles. The van der Waals surface area contributed by atoms with E-state index in [-0.39, 0.29) is 23.0 Å². The molecule has 0 N–H and O–H groups in total. The van der Waals surface area contributed by atoms with Crippen LogP contribution in [0.3, 0.4) is 0 Å². The number of carbonyl (C=O) groups is 2. The Bertz CT molecular complexity index is 993. The lowest BCUT2D eigenvalue weighted by atomic mass is 9.71. The van der Waals surface area contributed by atoms with Crippen LogP contribution in [0.5, 0.6) is 0 Å². The number of rotatable bonds is 1. The van der Waals surface area contributed by atoms with Crippen molar-refractivity contribution in [3.63, 3.8) is 0 Å². The Balaban J connectivity index is 1.90. The molecule has 128 valence electrons. The minimum absolute atomic E-state index is 0.0197. The molecule has 5 nitrogen and oxygen atoms in total. The maximum Gasteiger partial charge on any atom is 0.311 e. The molecule has 1 atom stereocenters. The summed E-state index contributed by atoms with van der Waals surface area (Å²) in [5.74, 6) is -0.658. The molecule has 2 aromatic rings. The number of benzene rings is 1. The van der Waals surface area contributed by atoms with E-state index in [9.17, 15) is 14.4 Å². The van der Waals surface area contributed by atoms with Crippen LogP contribution in [0.4, 0.5) is 0 Å². The summed E-state index contributed by atoms with van der Waals surface area (Å²) in [5.41, 5.74) is 0.829. The van der Waals surface area contributed by atoms with Crippen LogP contribution in [0.2, 0.25) is 0 Å². The SMILES string of the molecule is CC1(C)CC(=O)C2=C(C1)OC(=O)C[C@H]2c1coc2ccccc2c1=O. The molecule has 0 bridgehead atoms. The Morgan fingerprint density at radius 1 is 1.08 bits per heavy atom. The Hall–Kier alpha value is -2.69. The van der Waals surface area contributed by atoms with E-state index < -0.39 is 11.9 Å². The molecule has 0 fully saturated rings. The van der Waals surface area contributed by atoms with Gasteiger partial charge in [-0.05, 0) is 17.5 Å². The summed E-state index contributed by atoms with van der Waals surface area (Å²) < 4.78 is 10.9. The lowest BCUT2D eigenvalue weighted by Gasteiger charge is -2.36. The van der Waals surface area contributed by atoms with E-state index in [0.717, 1.165) is 0 Å². The van der Waals surface area contributed by atoms with Gasteiger partial charge >= 0.3 is 5.97 Å². The summed E-state index contributed by atoms with van der Waals surface area (Å²) in [4.78, 5) is 37.7. The molecule has 0 amide bonds. The van der Waals surface area contributed by atoms with E-state index in [1.807, 2.05) is 13.8 Å². The van der Waals surface area contributed by atoms with E-state index in [1.165, 1.54) is 6.26 Å². The highest BCUT2D eigenvalue weighted by molar-refractivity contribution is 6.00. The van der Waals surface area contributed by atoms with E-state index in [0.29, 0.717) is 40.7 Å². The van der Waals surface area contributed by atoms with Crippen molar-refractivity contribution >= 4 is 22.7 Å². The van der Waals surface area contributed by atoms with E-state index in [4.69, 9.17) is 9.15 Å². The predicted octanol–water partition coefficient (Wildman–Crippen LogP) is 3.47. The zero-order valence-electron chi connectivity index (χ0n) is 14.1. The summed E-state index contributed by atoms with van der Waals surface area (Å²) in [6, 6.07) is 6.95. The summed E-state index contributed by atoms with van der Waals surface area (Å²) in [7, 11) is 0. The van der Waals surface area contributed by atoms with Gasteiger partial charge in [-0.3, -0.25) is 14.4 Å². The molecule has 4 rings (SSSR count). The fourth-order valence-corrected chi connectivity index (χ4v) is 3.80. The number of esters is 1. The van der Waals surface area contributed by atoms with Gasteiger partial charge in [-0.1, -0.05) is 26.0 Å². The number of para-hydroxylation sites is 1. The van der Waals surface area contributed by atoms with Crippen LogP contribution in [-0.4, -0.2) is 11.8 Å². The first-order chi connectivity index (χ1) is 11.9. The second kappa shape index (κ2) is 5.41. The summed E-state index contributed by atoms with van der Waals surface area (Å²) in [6.45, 7) is 3.94. The molecular weight excluding hydrogens is 320 g/mol. The first-order valence-electron chi connectivity index (χ1n) is 8.33. The van der Waals surface area contributed by atoms with Crippen LogP contribution in [0.25, 0.3) is 11.0 Å². The molecule has 0 unspecified atom stereocenters. The number of fused-ring (bicyclic) bond motifs is 1. The maximum atomic E-state index is 12.9. The number of hydrogen-bond donors (Lipinski definition) is 0. The molecule has 0 radical (unpaired) electrons. The van der Waals surface area contributed by atoms with Crippen molar-refractivity contribution in [3.8, 4) is 0 Å². The highest BCUT2D eigenvalue weighted by Crippen LogP contribution is 2.45. The molecular formula is C20H18O5.